The standard InChI is InChI=1S/C15H23N3O3/c1-6-12-14(19)16-13(8(2)3)15(20)18(12)7-11-9(4)17-21-10(11)5/h8,12-13H,6-7H2,1-5H3,(H,16,19). The van der Waals surface area contributed by atoms with Crippen molar-refractivity contribution in [1.29, 1.82) is 0 Å². The Morgan fingerprint density at radius 2 is 2.00 bits per heavy atom. The van der Waals surface area contributed by atoms with Crippen molar-refractivity contribution in [2.45, 2.75) is 59.7 Å². The molecule has 2 rings (SSSR count). The molecular weight excluding hydrogens is 270 g/mol. The molecule has 0 saturated carbocycles. The molecule has 0 aliphatic carbocycles. The van der Waals surface area contributed by atoms with Crippen LogP contribution in [0.4, 0.5) is 0 Å². The topological polar surface area (TPSA) is 75.4 Å². The van der Waals surface area contributed by atoms with Gasteiger partial charge in [-0.05, 0) is 26.2 Å². The molecule has 0 bridgehead atoms. The van der Waals surface area contributed by atoms with Gasteiger partial charge in [0.05, 0.1) is 12.2 Å². The molecule has 116 valence electrons. The van der Waals surface area contributed by atoms with Gasteiger partial charge in [0.2, 0.25) is 11.8 Å². The summed E-state index contributed by atoms with van der Waals surface area (Å²) in [5, 5.41) is 6.75. The quantitative estimate of drug-likeness (QED) is 0.914. The summed E-state index contributed by atoms with van der Waals surface area (Å²) in [6.45, 7) is 9.82. The third-order valence-corrected chi connectivity index (χ3v) is 4.09. The lowest BCUT2D eigenvalue weighted by Gasteiger charge is -2.40. The number of hydrogen-bond donors (Lipinski definition) is 1. The van der Waals surface area contributed by atoms with E-state index in [4.69, 9.17) is 4.52 Å². The minimum absolute atomic E-state index is 0.0311. The number of aromatic nitrogens is 1. The minimum atomic E-state index is -0.458. The zero-order valence-electron chi connectivity index (χ0n) is 13.3. The van der Waals surface area contributed by atoms with Crippen molar-refractivity contribution >= 4 is 11.8 Å². The van der Waals surface area contributed by atoms with E-state index in [1.807, 2.05) is 34.6 Å². The Kier molecular flexibility index (Phi) is 4.34. The SMILES string of the molecule is CCC1C(=O)NC(C(C)C)C(=O)N1Cc1c(C)noc1C. The first-order chi connectivity index (χ1) is 9.86. The van der Waals surface area contributed by atoms with Gasteiger partial charge in [0.1, 0.15) is 17.8 Å². The summed E-state index contributed by atoms with van der Waals surface area (Å²) in [5.74, 6) is 0.646. The maximum Gasteiger partial charge on any atom is 0.246 e. The molecule has 1 aliphatic rings. The number of amides is 2. The smallest absolute Gasteiger partial charge is 0.246 e. The number of piperazine rings is 1. The molecule has 1 aliphatic heterocycles. The summed E-state index contributed by atoms with van der Waals surface area (Å²) in [6.07, 6.45) is 0.589. The van der Waals surface area contributed by atoms with Gasteiger partial charge in [-0.1, -0.05) is 25.9 Å². The number of rotatable bonds is 4. The van der Waals surface area contributed by atoms with E-state index >= 15 is 0 Å². The van der Waals surface area contributed by atoms with Gasteiger partial charge >= 0.3 is 0 Å². The van der Waals surface area contributed by atoms with Crippen molar-refractivity contribution in [2.75, 3.05) is 0 Å². The number of carbonyl (C=O) groups is 2. The molecule has 1 fully saturated rings. The molecule has 1 aromatic rings. The normalized spacial score (nSPS) is 22.9. The molecule has 2 unspecified atom stereocenters. The maximum absolute atomic E-state index is 12.7. The van der Waals surface area contributed by atoms with Gasteiger partial charge in [-0.3, -0.25) is 9.59 Å². The van der Waals surface area contributed by atoms with Crippen LogP contribution in [0, 0.1) is 19.8 Å². The van der Waals surface area contributed by atoms with E-state index in [1.165, 1.54) is 0 Å². The van der Waals surface area contributed by atoms with Crippen LogP contribution in [0.1, 0.15) is 44.2 Å². The van der Waals surface area contributed by atoms with Gasteiger partial charge in [-0.2, -0.15) is 0 Å². The van der Waals surface area contributed by atoms with Crippen LogP contribution in [-0.2, 0) is 16.1 Å². The summed E-state index contributed by atoms with van der Waals surface area (Å²) in [4.78, 5) is 26.6. The van der Waals surface area contributed by atoms with Crippen molar-refractivity contribution in [3.05, 3.63) is 17.0 Å². The highest BCUT2D eigenvalue weighted by atomic mass is 16.5. The highest BCUT2D eigenvalue weighted by molar-refractivity contribution is 5.97. The monoisotopic (exact) mass is 293 g/mol. The highest BCUT2D eigenvalue weighted by Crippen LogP contribution is 2.23. The number of nitrogens with zero attached hydrogens (tertiary/aromatic N) is 2. The molecule has 1 saturated heterocycles. The van der Waals surface area contributed by atoms with Crippen LogP contribution in [0.15, 0.2) is 4.52 Å². The summed E-state index contributed by atoms with van der Waals surface area (Å²) in [7, 11) is 0. The van der Waals surface area contributed by atoms with Gasteiger partial charge in [-0.25, -0.2) is 0 Å². The van der Waals surface area contributed by atoms with Crippen LogP contribution in [0.3, 0.4) is 0 Å². The third-order valence-electron chi connectivity index (χ3n) is 4.09. The lowest BCUT2D eigenvalue weighted by Crippen LogP contribution is -2.64. The lowest BCUT2D eigenvalue weighted by atomic mass is 9.96. The fourth-order valence-electron chi connectivity index (χ4n) is 2.73. The molecule has 2 amide bonds. The van der Waals surface area contributed by atoms with Crippen LogP contribution in [0.25, 0.3) is 0 Å². The second-order valence-electron chi connectivity index (χ2n) is 5.92. The van der Waals surface area contributed by atoms with Crippen LogP contribution >= 0.6 is 0 Å². The van der Waals surface area contributed by atoms with Crippen LogP contribution in [-0.4, -0.2) is 34.0 Å². The molecule has 6 heteroatoms. The fourth-order valence-corrected chi connectivity index (χ4v) is 2.73. The molecular formula is C15H23N3O3. The Labute approximate surface area is 124 Å². The van der Waals surface area contributed by atoms with Gasteiger partial charge in [0.15, 0.2) is 0 Å². The number of hydrogen-bond acceptors (Lipinski definition) is 4. The summed E-state index contributed by atoms with van der Waals surface area (Å²) >= 11 is 0. The Hall–Kier alpha value is -1.85. The molecule has 2 atom stereocenters. The maximum atomic E-state index is 12.7. The first-order valence-corrected chi connectivity index (χ1v) is 7.39. The molecule has 0 spiro atoms. The van der Waals surface area contributed by atoms with E-state index in [0.29, 0.717) is 18.7 Å². The highest BCUT2D eigenvalue weighted by Gasteiger charge is 2.41. The van der Waals surface area contributed by atoms with Crippen LogP contribution in [0.5, 0.6) is 0 Å². The molecule has 21 heavy (non-hydrogen) atoms. The minimum Gasteiger partial charge on any atom is -0.361 e. The lowest BCUT2D eigenvalue weighted by molar-refractivity contribution is -0.151. The number of aryl methyl sites for hydroxylation is 2. The Balaban J connectivity index is 2.32. The fraction of sp³-hybridized carbons (Fsp3) is 0.667. The molecule has 0 aromatic carbocycles. The molecule has 2 heterocycles. The predicted molar refractivity (Wildman–Crippen MR) is 77.4 cm³/mol. The van der Waals surface area contributed by atoms with E-state index in [1.54, 1.807) is 4.90 Å². The number of carbonyl (C=O) groups excluding carboxylic acids is 2. The first-order valence-electron chi connectivity index (χ1n) is 7.39. The van der Waals surface area contributed by atoms with Gasteiger partial charge < -0.3 is 14.7 Å². The summed E-state index contributed by atoms with van der Waals surface area (Å²) in [6, 6.07) is -0.887. The predicted octanol–water partition coefficient (Wildman–Crippen LogP) is 1.55. The van der Waals surface area contributed by atoms with E-state index < -0.39 is 12.1 Å². The third kappa shape index (κ3) is 2.80. The van der Waals surface area contributed by atoms with Crippen molar-refractivity contribution < 1.29 is 14.1 Å². The van der Waals surface area contributed by atoms with Crippen LogP contribution in [0.2, 0.25) is 0 Å². The molecule has 1 N–H and O–H groups in total. The van der Waals surface area contributed by atoms with E-state index in [-0.39, 0.29) is 17.7 Å². The summed E-state index contributed by atoms with van der Waals surface area (Å²) < 4.78 is 5.15. The van der Waals surface area contributed by atoms with E-state index in [9.17, 15) is 9.59 Å². The summed E-state index contributed by atoms with van der Waals surface area (Å²) in [5.41, 5.74) is 1.65. The molecule has 0 radical (unpaired) electrons. The molecule has 6 nitrogen and oxygen atoms in total. The largest absolute Gasteiger partial charge is 0.361 e. The van der Waals surface area contributed by atoms with Crippen molar-refractivity contribution in [1.82, 2.24) is 15.4 Å². The van der Waals surface area contributed by atoms with Gasteiger partial charge in [0.25, 0.3) is 0 Å². The van der Waals surface area contributed by atoms with Crippen LogP contribution < -0.4 is 5.32 Å². The molecule has 1 aromatic heterocycles. The van der Waals surface area contributed by atoms with E-state index in [2.05, 4.69) is 10.5 Å². The Bertz CT molecular complexity index is 531. The van der Waals surface area contributed by atoms with Gasteiger partial charge in [0, 0.05) is 5.56 Å². The van der Waals surface area contributed by atoms with Crippen molar-refractivity contribution in [3.63, 3.8) is 0 Å². The zero-order valence-corrected chi connectivity index (χ0v) is 13.3. The second-order valence-corrected chi connectivity index (χ2v) is 5.92. The first kappa shape index (κ1) is 15.5. The van der Waals surface area contributed by atoms with Gasteiger partial charge in [-0.15, -0.1) is 0 Å². The Morgan fingerprint density at radius 1 is 1.33 bits per heavy atom. The zero-order chi connectivity index (χ0) is 15.7. The second kappa shape index (κ2) is 5.87. The number of nitrogens with one attached hydrogen (secondary N) is 1. The van der Waals surface area contributed by atoms with E-state index in [0.717, 1.165) is 11.3 Å². The van der Waals surface area contributed by atoms with Crippen molar-refractivity contribution in [3.8, 4) is 0 Å². The average Bonchev–Trinajstić information content (AvgIpc) is 2.74. The van der Waals surface area contributed by atoms with Crippen molar-refractivity contribution in [2.24, 2.45) is 5.92 Å². The average molecular weight is 293 g/mol. The Morgan fingerprint density at radius 3 is 2.48 bits per heavy atom.